The molecule has 0 aliphatic heterocycles. The molecule has 1 atom stereocenters. The lowest BCUT2D eigenvalue weighted by atomic mass is 10.1. The van der Waals surface area contributed by atoms with Gasteiger partial charge in [-0.05, 0) is 32.2 Å². The fourth-order valence-electron chi connectivity index (χ4n) is 2.13. The molecular weight excluding hydrogens is 287 g/mol. The molecule has 114 valence electrons. The predicted molar refractivity (Wildman–Crippen MR) is 72.2 cm³/mol. The van der Waals surface area contributed by atoms with Crippen LogP contribution >= 0.6 is 0 Å². The summed E-state index contributed by atoms with van der Waals surface area (Å²) in [7, 11) is 2.96. The molecule has 5 nitrogen and oxygen atoms in total. The highest BCUT2D eigenvalue weighted by Gasteiger charge is 2.31. The lowest BCUT2D eigenvalue weighted by Gasteiger charge is -2.17. The van der Waals surface area contributed by atoms with Crippen LogP contribution in [0.3, 0.4) is 0 Å². The summed E-state index contributed by atoms with van der Waals surface area (Å²) in [4.78, 5) is 24.5. The molecule has 1 aromatic carbocycles. The molecule has 0 bridgehead atoms. The Kier molecular flexibility index (Phi) is 3.66. The molecule has 0 saturated carbocycles. The highest BCUT2D eigenvalue weighted by atomic mass is 19.4. The monoisotopic (exact) mass is 301 g/mol. The highest BCUT2D eigenvalue weighted by Crippen LogP contribution is 2.30. The maximum absolute atomic E-state index is 12.8. The van der Waals surface area contributed by atoms with Crippen LogP contribution in [0.1, 0.15) is 18.7 Å². The number of nitrogens with one attached hydrogen (secondary N) is 1. The van der Waals surface area contributed by atoms with E-state index in [1.807, 2.05) is 0 Å². The first-order chi connectivity index (χ1) is 9.68. The van der Waals surface area contributed by atoms with Crippen molar-refractivity contribution in [1.82, 2.24) is 14.5 Å². The summed E-state index contributed by atoms with van der Waals surface area (Å²) in [6.45, 7) is 1.57. The van der Waals surface area contributed by atoms with Crippen LogP contribution in [0.15, 0.2) is 27.8 Å². The molecular formula is C13H14F3N3O2. The molecule has 2 aromatic rings. The van der Waals surface area contributed by atoms with E-state index in [1.54, 1.807) is 14.0 Å². The van der Waals surface area contributed by atoms with E-state index in [1.165, 1.54) is 7.05 Å². The molecule has 8 heteroatoms. The molecule has 1 aromatic heterocycles. The van der Waals surface area contributed by atoms with Crippen molar-refractivity contribution in [1.29, 1.82) is 0 Å². The quantitative estimate of drug-likeness (QED) is 0.913. The molecule has 0 fully saturated rings. The summed E-state index contributed by atoms with van der Waals surface area (Å²) in [6.07, 6.45) is -5.18. The summed E-state index contributed by atoms with van der Waals surface area (Å²) in [5.74, 6) is 0. The van der Waals surface area contributed by atoms with Gasteiger partial charge in [-0.15, -0.1) is 0 Å². The average Bonchev–Trinajstić information content (AvgIpc) is 2.43. The number of halogens is 3. The number of hydrogen-bond donors (Lipinski definition) is 1. The average molecular weight is 301 g/mol. The Labute approximate surface area is 117 Å². The molecule has 0 amide bonds. The van der Waals surface area contributed by atoms with Gasteiger partial charge in [-0.25, -0.2) is 9.36 Å². The maximum Gasteiger partial charge on any atom is 0.416 e. The third kappa shape index (κ3) is 2.46. The summed E-state index contributed by atoms with van der Waals surface area (Å²) in [5, 5.41) is 2.58. The SMILES string of the molecule is CNC(C)n1c(=O)c2cc(C(F)(F)F)ccc2n(C)c1=O. The topological polar surface area (TPSA) is 56.0 Å². The van der Waals surface area contributed by atoms with Crippen molar-refractivity contribution in [3.63, 3.8) is 0 Å². The second-order valence-corrected chi connectivity index (χ2v) is 4.71. The standard InChI is InChI=1S/C13H14F3N3O2/c1-7(17-2)19-11(20)9-6-8(13(14,15)16)4-5-10(9)18(3)12(19)21/h4-7,17H,1-3H3. The number of benzene rings is 1. The van der Waals surface area contributed by atoms with Gasteiger partial charge in [-0.3, -0.25) is 9.36 Å². The second kappa shape index (κ2) is 5.03. The van der Waals surface area contributed by atoms with E-state index in [0.717, 1.165) is 27.3 Å². The third-order valence-corrected chi connectivity index (χ3v) is 3.43. The second-order valence-electron chi connectivity index (χ2n) is 4.71. The molecule has 1 heterocycles. The van der Waals surface area contributed by atoms with E-state index in [9.17, 15) is 22.8 Å². The van der Waals surface area contributed by atoms with Crippen LogP contribution in [-0.4, -0.2) is 16.2 Å². The minimum Gasteiger partial charge on any atom is -0.300 e. The number of aryl methyl sites for hydroxylation is 1. The Hall–Kier alpha value is -2.09. The van der Waals surface area contributed by atoms with Gasteiger partial charge in [0.2, 0.25) is 0 Å². The number of rotatable bonds is 2. The van der Waals surface area contributed by atoms with Crippen molar-refractivity contribution in [2.24, 2.45) is 7.05 Å². The van der Waals surface area contributed by atoms with E-state index in [2.05, 4.69) is 5.32 Å². The zero-order chi connectivity index (χ0) is 15.9. The molecule has 1 unspecified atom stereocenters. The molecule has 0 aliphatic carbocycles. The molecule has 1 N–H and O–H groups in total. The highest BCUT2D eigenvalue weighted by molar-refractivity contribution is 5.79. The van der Waals surface area contributed by atoms with Gasteiger partial charge >= 0.3 is 11.9 Å². The van der Waals surface area contributed by atoms with Gasteiger partial charge in [0.05, 0.1) is 22.6 Å². The van der Waals surface area contributed by atoms with Gasteiger partial charge in [-0.2, -0.15) is 13.2 Å². The minimum atomic E-state index is -4.55. The van der Waals surface area contributed by atoms with E-state index in [4.69, 9.17) is 0 Å². The Bertz CT molecular complexity index is 805. The van der Waals surface area contributed by atoms with E-state index in [-0.39, 0.29) is 10.9 Å². The van der Waals surface area contributed by atoms with E-state index >= 15 is 0 Å². The van der Waals surface area contributed by atoms with Gasteiger partial charge < -0.3 is 5.32 Å². The molecule has 0 radical (unpaired) electrons. The molecule has 21 heavy (non-hydrogen) atoms. The summed E-state index contributed by atoms with van der Waals surface area (Å²) in [6, 6.07) is 2.76. The van der Waals surface area contributed by atoms with Gasteiger partial charge in [0, 0.05) is 7.05 Å². The van der Waals surface area contributed by atoms with Crippen molar-refractivity contribution in [2.45, 2.75) is 19.3 Å². The number of alkyl halides is 3. The molecule has 0 spiro atoms. The minimum absolute atomic E-state index is 0.144. The lowest BCUT2D eigenvalue weighted by Crippen LogP contribution is -2.44. The summed E-state index contributed by atoms with van der Waals surface area (Å²) in [5.41, 5.74) is -2.10. The fourth-order valence-corrected chi connectivity index (χ4v) is 2.13. The van der Waals surface area contributed by atoms with Crippen LogP contribution in [0.25, 0.3) is 10.9 Å². The number of hydrogen-bond acceptors (Lipinski definition) is 3. The van der Waals surface area contributed by atoms with Gasteiger partial charge in [0.1, 0.15) is 0 Å². The van der Waals surface area contributed by atoms with Crippen LogP contribution in [0.5, 0.6) is 0 Å². The number of fused-ring (bicyclic) bond motifs is 1. The first kappa shape index (κ1) is 15.3. The van der Waals surface area contributed by atoms with Crippen LogP contribution in [-0.2, 0) is 13.2 Å². The molecule has 0 saturated heterocycles. The predicted octanol–water partition coefficient (Wildman–Crippen LogP) is 1.46. The third-order valence-electron chi connectivity index (χ3n) is 3.43. The Morgan fingerprint density at radius 3 is 2.38 bits per heavy atom. The van der Waals surface area contributed by atoms with Crippen molar-refractivity contribution < 1.29 is 13.2 Å². The van der Waals surface area contributed by atoms with Crippen molar-refractivity contribution in [3.05, 3.63) is 44.6 Å². The normalized spacial score (nSPS) is 13.6. The lowest BCUT2D eigenvalue weighted by molar-refractivity contribution is -0.137. The van der Waals surface area contributed by atoms with Crippen LogP contribution < -0.4 is 16.6 Å². The molecule has 0 aliphatic rings. The molecule has 2 rings (SSSR count). The largest absolute Gasteiger partial charge is 0.416 e. The smallest absolute Gasteiger partial charge is 0.300 e. The maximum atomic E-state index is 12.8. The Morgan fingerprint density at radius 2 is 1.86 bits per heavy atom. The van der Waals surface area contributed by atoms with Crippen molar-refractivity contribution in [3.8, 4) is 0 Å². The number of aromatic nitrogens is 2. The van der Waals surface area contributed by atoms with Crippen molar-refractivity contribution in [2.75, 3.05) is 7.05 Å². The van der Waals surface area contributed by atoms with Crippen LogP contribution in [0.4, 0.5) is 13.2 Å². The van der Waals surface area contributed by atoms with Crippen molar-refractivity contribution >= 4 is 10.9 Å². The zero-order valence-electron chi connectivity index (χ0n) is 11.7. The van der Waals surface area contributed by atoms with E-state index in [0.29, 0.717) is 0 Å². The fraction of sp³-hybridized carbons (Fsp3) is 0.385. The van der Waals surface area contributed by atoms with Crippen LogP contribution in [0.2, 0.25) is 0 Å². The Morgan fingerprint density at radius 1 is 1.24 bits per heavy atom. The number of nitrogens with zero attached hydrogens (tertiary/aromatic N) is 2. The first-order valence-electron chi connectivity index (χ1n) is 6.18. The van der Waals surface area contributed by atoms with E-state index < -0.39 is 29.2 Å². The summed E-state index contributed by atoms with van der Waals surface area (Å²) < 4.78 is 40.3. The zero-order valence-corrected chi connectivity index (χ0v) is 11.7. The Balaban J connectivity index is 2.92. The van der Waals surface area contributed by atoms with Gasteiger partial charge in [0.25, 0.3) is 5.56 Å². The van der Waals surface area contributed by atoms with Gasteiger partial charge in [0.15, 0.2) is 0 Å². The van der Waals surface area contributed by atoms with Crippen LogP contribution in [0, 0.1) is 0 Å². The summed E-state index contributed by atoms with van der Waals surface area (Å²) >= 11 is 0. The van der Waals surface area contributed by atoms with Gasteiger partial charge in [-0.1, -0.05) is 0 Å². The first-order valence-corrected chi connectivity index (χ1v) is 6.18.